The molecule has 3 rings (SSSR count). The fourth-order valence-electron chi connectivity index (χ4n) is 3.06. The van der Waals surface area contributed by atoms with Crippen molar-refractivity contribution in [2.75, 3.05) is 0 Å². The van der Waals surface area contributed by atoms with E-state index in [1.807, 2.05) is 0 Å². The van der Waals surface area contributed by atoms with Crippen molar-refractivity contribution in [2.24, 2.45) is 0 Å². The van der Waals surface area contributed by atoms with Gasteiger partial charge in [-0.2, -0.15) is 0 Å². The van der Waals surface area contributed by atoms with Crippen molar-refractivity contribution in [3.8, 4) is 11.1 Å². The van der Waals surface area contributed by atoms with E-state index in [1.54, 1.807) is 0 Å². The van der Waals surface area contributed by atoms with Crippen molar-refractivity contribution in [3.63, 3.8) is 0 Å². The summed E-state index contributed by atoms with van der Waals surface area (Å²) in [4.78, 5) is 9.71. The molecule has 0 fully saturated rings. The Hall–Kier alpha value is -1.70. The third-order valence-electron chi connectivity index (χ3n) is 4.22. The van der Waals surface area contributed by atoms with Crippen molar-refractivity contribution in [2.45, 2.75) is 52.4 Å². The Labute approximate surface area is 121 Å². The molecule has 2 nitrogen and oxygen atoms in total. The second-order valence-electron chi connectivity index (χ2n) is 7.28. The zero-order valence-electron chi connectivity index (χ0n) is 13.2. The summed E-state index contributed by atoms with van der Waals surface area (Å²) >= 11 is 0. The van der Waals surface area contributed by atoms with Gasteiger partial charge in [0.1, 0.15) is 5.82 Å². The van der Waals surface area contributed by atoms with Crippen molar-refractivity contribution in [3.05, 3.63) is 47.0 Å². The van der Waals surface area contributed by atoms with Crippen molar-refractivity contribution >= 4 is 0 Å². The quantitative estimate of drug-likeness (QED) is 0.706. The second-order valence-corrected chi connectivity index (χ2v) is 7.28. The number of aryl methyl sites for hydroxylation is 1. The van der Waals surface area contributed by atoms with E-state index in [1.165, 1.54) is 22.4 Å². The molecule has 1 aromatic heterocycles. The van der Waals surface area contributed by atoms with Gasteiger partial charge in [0.15, 0.2) is 0 Å². The maximum absolute atomic E-state index is 4.94. The van der Waals surface area contributed by atoms with Crippen LogP contribution in [0.5, 0.6) is 0 Å². The van der Waals surface area contributed by atoms with E-state index in [4.69, 9.17) is 9.97 Å². The van der Waals surface area contributed by atoms with Crippen molar-refractivity contribution in [1.82, 2.24) is 9.97 Å². The lowest BCUT2D eigenvalue weighted by atomic mass is 9.85. The Morgan fingerprint density at radius 3 is 2.30 bits per heavy atom. The summed E-state index contributed by atoms with van der Waals surface area (Å²) in [6, 6.07) is 8.62. The summed E-state index contributed by atoms with van der Waals surface area (Å²) in [7, 11) is 0. The Morgan fingerprint density at radius 2 is 1.65 bits per heavy atom. The molecule has 0 radical (unpaired) electrons. The molecule has 0 aliphatic heterocycles. The standard InChI is InChI=1S/C18H22N2/c1-11-14-12-9-7-8-10-13(12)18(5,6)15(14)20-16(19-11)17(2,3)4/h7-10H,1-6H3. The first-order valence-corrected chi connectivity index (χ1v) is 7.22. The third-order valence-corrected chi connectivity index (χ3v) is 4.22. The van der Waals surface area contributed by atoms with Gasteiger partial charge in [-0.05, 0) is 18.1 Å². The summed E-state index contributed by atoms with van der Waals surface area (Å²) in [5.74, 6) is 0.939. The molecule has 104 valence electrons. The zero-order chi connectivity index (χ0) is 14.7. The maximum atomic E-state index is 4.94. The molecule has 2 aromatic rings. The van der Waals surface area contributed by atoms with Gasteiger partial charge in [-0.3, -0.25) is 0 Å². The molecule has 2 heteroatoms. The van der Waals surface area contributed by atoms with Crippen molar-refractivity contribution < 1.29 is 0 Å². The average molecular weight is 266 g/mol. The highest BCUT2D eigenvalue weighted by atomic mass is 14.9. The van der Waals surface area contributed by atoms with E-state index in [0.717, 1.165) is 11.5 Å². The molecule has 0 atom stereocenters. The van der Waals surface area contributed by atoms with Crippen LogP contribution < -0.4 is 0 Å². The van der Waals surface area contributed by atoms with Crippen molar-refractivity contribution in [1.29, 1.82) is 0 Å². The van der Waals surface area contributed by atoms with E-state index in [9.17, 15) is 0 Å². The first-order valence-electron chi connectivity index (χ1n) is 7.22. The van der Waals surface area contributed by atoms with E-state index in [0.29, 0.717) is 0 Å². The van der Waals surface area contributed by atoms with Gasteiger partial charge in [0.2, 0.25) is 0 Å². The molecule has 0 saturated heterocycles. The fourth-order valence-corrected chi connectivity index (χ4v) is 3.06. The Kier molecular flexibility index (Phi) is 2.60. The van der Waals surface area contributed by atoms with Crippen LogP contribution in [-0.4, -0.2) is 9.97 Å². The Balaban J connectivity index is 2.35. The van der Waals surface area contributed by atoms with Crippen LogP contribution in [0.25, 0.3) is 11.1 Å². The highest BCUT2D eigenvalue weighted by Crippen LogP contribution is 2.48. The van der Waals surface area contributed by atoms with Crippen LogP contribution in [0.4, 0.5) is 0 Å². The predicted octanol–water partition coefficient (Wildman–Crippen LogP) is 4.39. The number of hydrogen-bond donors (Lipinski definition) is 0. The van der Waals surface area contributed by atoms with Gasteiger partial charge in [0.25, 0.3) is 0 Å². The van der Waals surface area contributed by atoms with Gasteiger partial charge in [0, 0.05) is 22.1 Å². The topological polar surface area (TPSA) is 25.8 Å². The van der Waals surface area contributed by atoms with Crippen LogP contribution >= 0.6 is 0 Å². The minimum absolute atomic E-state index is 0.0232. The summed E-state index contributed by atoms with van der Waals surface area (Å²) in [6.07, 6.45) is 0. The molecular weight excluding hydrogens is 244 g/mol. The normalized spacial score (nSPS) is 15.9. The predicted molar refractivity (Wildman–Crippen MR) is 83.0 cm³/mol. The van der Waals surface area contributed by atoms with Gasteiger partial charge in [-0.15, -0.1) is 0 Å². The Morgan fingerprint density at radius 1 is 1.00 bits per heavy atom. The largest absolute Gasteiger partial charge is 0.237 e. The molecule has 0 amide bonds. The van der Waals surface area contributed by atoms with E-state index in [2.05, 4.69) is 65.8 Å². The molecule has 0 saturated carbocycles. The van der Waals surface area contributed by atoms with Crippen LogP contribution in [-0.2, 0) is 10.8 Å². The van der Waals surface area contributed by atoms with Crippen LogP contribution in [0.2, 0.25) is 0 Å². The molecule has 1 aromatic carbocycles. The van der Waals surface area contributed by atoms with Crippen LogP contribution in [0.3, 0.4) is 0 Å². The summed E-state index contributed by atoms with van der Waals surface area (Å²) < 4.78 is 0. The molecule has 1 heterocycles. The second kappa shape index (κ2) is 3.91. The van der Waals surface area contributed by atoms with E-state index >= 15 is 0 Å². The molecule has 0 spiro atoms. The highest BCUT2D eigenvalue weighted by Gasteiger charge is 2.39. The van der Waals surface area contributed by atoms with Gasteiger partial charge in [0.05, 0.1) is 5.69 Å². The molecule has 0 N–H and O–H groups in total. The van der Waals surface area contributed by atoms with Crippen LogP contribution in [0, 0.1) is 6.92 Å². The van der Waals surface area contributed by atoms with E-state index in [-0.39, 0.29) is 10.8 Å². The number of hydrogen-bond acceptors (Lipinski definition) is 2. The number of nitrogens with zero attached hydrogens (tertiary/aromatic N) is 2. The first-order chi connectivity index (χ1) is 9.23. The minimum atomic E-state index is -0.0420. The summed E-state index contributed by atoms with van der Waals surface area (Å²) in [5, 5.41) is 0. The zero-order valence-corrected chi connectivity index (χ0v) is 13.2. The summed E-state index contributed by atoms with van der Waals surface area (Å²) in [5.41, 5.74) is 6.10. The maximum Gasteiger partial charge on any atom is 0.134 e. The van der Waals surface area contributed by atoms with E-state index < -0.39 is 0 Å². The number of rotatable bonds is 0. The average Bonchev–Trinajstić information content (AvgIpc) is 2.59. The molecule has 20 heavy (non-hydrogen) atoms. The number of aromatic nitrogens is 2. The Bertz CT molecular complexity index is 691. The number of benzene rings is 1. The molecule has 1 aliphatic carbocycles. The third kappa shape index (κ3) is 1.71. The first kappa shape index (κ1) is 13.3. The van der Waals surface area contributed by atoms with Gasteiger partial charge in [-0.25, -0.2) is 9.97 Å². The van der Waals surface area contributed by atoms with Crippen LogP contribution in [0.15, 0.2) is 24.3 Å². The van der Waals surface area contributed by atoms with Gasteiger partial charge in [-0.1, -0.05) is 58.9 Å². The lowest BCUT2D eigenvalue weighted by Crippen LogP contribution is -2.22. The highest BCUT2D eigenvalue weighted by molar-refractivity contribution is 5.80. The fraction of sp³-hybridized carbons (Fsp3) is 0.444. The van der Waals surface area contributed by atoms with Crippen LogP contribution in [0.1, 0.15) is 57.4 Å². The molecule has 1 aliphatic rings. The molecule has 0 unspecified atom stereocenters. The SMILES string of the molecule is Cc1nc(C(C)(C)C)nc2c1-c1ccccc1C2(C)C. The lowest BCUT2D eigenvalue weighted by molar-refractivity contribution is 0.528. The monoisotopic (exact) mass is 266 g/mol. The van der Waals surface area contributed by atoms with Gasteiger partial charge >= 0.3 is 0 Å². The minimum Gasteiger partial charge on any atom is -0.237 e. The number of fused-ring (bicyclic) bond motifs is 3. The molecular formula is C18H22N2. The lowest BCUT2D eigenvalue weighted by Gasteiger charge is -2.23. The van der Waals surface area contributed by atoms with Gasteiger partial charge < -0.3 is 0 Å². The summed E-state index contributed by atoms with van der Waals surface area (Å²) in [6.45, 7) is 13.1. The molecule has 0 bridgehead atoms. The smallest absolute Gasteiger partial charge is 0.134 e.